The van der Waals surface area contributed by atoms with Crippen LogP contribution in [0.5, 0.6) is 0 Å². The van der Waals surface area contributed by atoms with Gasteiger partial charge in [-0.05, 0) is 31.2 Å². The largest absolute Gasteiger partial charge is 0.461 e. The standard InChI is InChI=1S/C18H16N4O3S/c1-11(15-9-12-5-2-3-6-13(12)25-15)19-16(23)10-26-18-20-17(21-22-18)14-7-4-8-24-14/h2-9,11H,10H2,1H3,(H,19,23)(H,20,21,22)/t11-/m0/s1. The van der Waals surface area contributed by atoms with Crippen molar-refractivity contribution in [3.05, 3.63) is 54.5 Å². The van der Waals surface area contributed by atoms with E-state index < -0.39 is 0 Å². The molecule has 0 aliphatic rings. The summed E-state index contributed by atoms with van der Waals surface area (Å²) >= 11 is 1.25. The molecule has 3 aromatic heterocycles. The molecule has 0 spiro atoms. The van der Waals surface area contributed by atoms with Gasteiger partial charge in [0, 0.05) is 5.39 Å². The minimum absolute atomic E-state index is 0.118. The lowest BCUT2D eigenvalue weighted by Crippen LogP contribution is -2.27. The number of benzene rings is 1. The summed E-state index contributed by atoms with van der Waals surface area (Å²) in [4.78, 5) is 16.5. The molecule has 1 atom stereocenters. The fraction of sp³-hybridized carbons (Fsp3) is 0.167. The molecule has 2 N–H and O–H groups in total. The first kappa shape index (κ1) is 16.5. The summed E-state index contributed by atoms with van der Waals surface area (Å²) in [7, 11) is 0. The van der Waals surface area contributed by atoms with Gasteiger partial charge in [-0.2, -0.15) is 4.98 Å². The molecular formula is C18H16N4O3S. The van der Waals surface area contributed by atoms with Crippen LogP contribution >= 0.6 is 11.8 Å². The van der Waals surface area contributed by atoms with Gasteiger partial charge in [0.15, 0.2) is 11.6 Å². The summed E-state index contributed by atoms with van der Waals surface area (Å²) < 4.78 is 11.0. The van der Waals surface area contributed by atoms with Crippen LogP contribution in [0.4, 0.5) is 0 Å². The predicted octanol–water partition coefficient (Wildman–Crippen LogP) is 3.78. The Morgan fingerprint density at radius 3 is 3.00 bits per heavy atom. The Balaban J connectivity index is 1.33. The Bertz CT molecular complexity index is 989. The molecule has 0 saturated heterocycles. The van der Waals surface area contributed by atoms with Gasteiger partial charge in [0.2, 0.25) is 11.1 Å². The van der Waals surface area contributed by atoms with Crippen molar-refractivity contribution >= 4 is 28.6 Å². The number of hydrogen-bond donors (Lipinski definition) is 2. The van der Waals surface area contributed by atoms with Gasteiger partial charge in [-0.15, -0.1) is 5.10 Å². The van der Waals surface area contributed by atoms with Crippen LogP contribution in [0.3, 0.4) is 0 Å². The number of fused-ring (bicyclic) bond motifs is 1. The molecule has 0 aliphatic heterocycles. The highest BCUT2D eigenvalue weighted by molar-refractivity contribution is 7.99. The number of amides is 1. The molecule has 8 heteroatoms. The van der Waals surface area contributed by atoms with E-state index in [4.69, 9.17) is 8.83 Å². The van der Waals surface area contributed by atoms with Crippen molar-refractivity contribution in [1.29, 1.82) is 0 Å². The number of hydrogen-bond acceptors (Lipinski definition) is 6. The highest BCUT2D eigenvalue weighted by atomic mass is 32.2. The normalized spacial score (nSPS) is 12.3. The Labute approximate surface area is 153 Å². The number of thioether (sulfide) groups is 1. The van der Waals surface area contributed by atoms with Crippen LogP contribution in [0.2, 0.25) is 0 Å². The number of para-hydroxylation sites is 1. The van der Waals surface area contributed by atoms with Crippen LogP contribution < -0.4 is 5.32 Å². The van der Waals surface area contributed by atoms with Crippen molar-refractivity contribution in [3.63, 3.8) is 0 Å². The number of H-pyrrole nitrogens is 1. The maximum atomic E-state index is 12.2. The minimum Gasteiger partial charge on any atom is -0.461 e. The van der Waals surface area contributed by atoms with Crippen molar-refractivity contribution in [3.8, 4) is 11.6 Å². The van der Waals surface area contributed by atoms with Gasteiger partial charge in [0.05, 0.1) is 18.1 Å². The second-order valence-electron chi connectivity index (χ2n) is 5.71. The minimum atomic E-state index is -0.221. The number of aromatic nitrogens is 3. The van der Waals surface area contributed by atoms with Gasteiger partial charge >= 0.3 is 0 Å². The Morgan fingerprint density at radius 2 is 2.19 bits per heavy atom. The van der Waals surface area contributed by atoms with Gasteiger partial charge in [-0.25, -0.2) is 0 Å². The van der Waals surface area contributed by atoms with Crippen LogP contribution in [-0.4, -0.2) is 26.8 Å². The van der Waals surface area contributed by atoms with E-state index in [0.29, 0.717) is 16.7 Å². The molecule has 132 valence electrons. The zero-order chi connectivity index (χ0) is 17.9. The van der Waals surface area contributed by atoms with E-state index in [9.17, 15) is 4.79 Å². The van der Waals surface area contributed by atoms with Crippen LogP contribution in [-0.2, 0) is 4.79 Å². The summed E-state index contributed by atoms with van der Waals surface area (Å²) in [5.41, 5.74) is 0.809. The SMILES string of the molecule is C[C@H](NC(=O)CSc1n[nH]c(-c2ccco2)n1)c1cc2ccccc2o1. The summed E-state index contributed by atoms with van der Waals surface area (Å²) in [6.45, 7) is 1.89. The van der Waals surface area contributed by atoms with E-state index in [1.165, 1.54) is 11.8 Å². The van der Waals surface area contributed by atoms with Crippen LogP contribution in [0.15, 0.2) is 62.7 Å². The molecule has 3 heterocycles. The molecule has 0 unspecified atom stereocenters. The molecule has 0 bridgehead atoms. The monoisotopic (exact) mass is 368 g/mol. The third kappa shape index (κ3) is 3.50. The van der Waals surface area contributed by atoms with Gasteiger partial charge in [-0.3, -0.25) is 9.89 Å². The van der Waals surface area contributed by atoms with E-state index in [1.807, 2.05) is 37.3 Å². The molecule has 0 fully saturated rings. The molecule has 1 amide bonds. The average molecular weight is 368 g/mol. The van der Waals surface area contributed by atoms with E-state index in [2.05, 4.69) is 20.5 Å². The number of nitrogens with zero attached hydrogens (tertiary/aromatic N) is 2. The summed E-state index contributed by atoms with van der Waals surface area (Å²) in [5, 5.41) is 11.3. The van der Waals surface area contributed by atoms with E-state index in [-0.39, 0.29) is 17.7 Å². The number of furan rings is 2. The topological polar surface area (TPSA) is 97.0 Å². The van der Waals surface area contributed by atoms with Crippen LogP contribution in [0, 0.1) is 0 Å². The fourth-order valence-corrected chi connectivity index (χ4v) is 3.14. The zero-order valence-electron chi connectivity index (χ0n) is 13.9. The molecule has 0 aliphatic carbocycles. The van der Waals surface area contributed by atoms with Gasteiger partial charge < -0.3 is 14.2 Å². The maximum Gasteiger partial charge on any atom is 0.231 e. The quantitative estimate of drug-likeness (QED) is 0.503. The van der Waals surface area contributed by atoms with Crippen molar-refractivity contribution < 1.29 is 13.6 Å². The Morgan fingerprint density at radius 1 is 1.31 bits per heavy atom. The number of aromatic amines is 1. The lowest BCUT2D eigenvalue weighted by atomic mass is 10.2. The zero-order valence-corrected chi connectivity index (χ0v) is 14.7. The first-order valence-electron chi connectivity index (χ1n) is 8.06. The first-order valence-corrected chi connectivity index (χ1v) is 9.04. The van der Waals surface area contributed by atoms with Crippen LogP contribution in [0.25, 0.3) is 22.6 Å². The number of carbonyl (C=O) groups excluding carboxylic acids is 1. The molecule has 26 heavy (non-hydrogen) atoms. The van der Waals surface area contributed by atoms with E-state index in [0.717, 1.165) is 16.7 Å². The number of carbonyl (C=O) groups is 1. The van der Waals surface area contributed by atoms with Crippen LogP contribution in [0.1, 0.15) is 18.7 Å². The number of rotatable bonds is 6. The molecule has 0 saturated carbocycles. The van der Waals surface area contributed by atoms with Crippen molar-refractivity contribution in [2.75, 3.05) is 5.75 Å². The second-order valence-corrected chi connectivity index (χ2v) is 6.65. The summed E-state index contributed by atoms with van der Waals surface area (Å²) in [5.74, 6) is 1.95. The van der Waals surface area contributed by atoms with Gasteiger partial charge in [0.1, 0.15) is 11.3 Å². The Hall–Kier alpha value is -3.00. The lowest BCUT2D eigenvalue weighted by Gasteiger charge is -2.10. The molecule has 0 radical (unpaired) electrons. The van der Waals surface area contributed by atoms with Crippen molar-refractivity contribution in [2.24, 2.45) is 0 Å². The molecular weight excluding hydrogens is 352 g/mol. The van der Waals surface area contributed by atoms with E-state index >= 15 is 0 Å². The average Bonchev–Trinajstić information content (AvgIpc) is 3.39. The highest BCUT2D eigenvalue weighted by Gasteiger charge is 2.15. The predicted molar refractivity (Wildman–Crippen MR) is 97.6 cm³/mol. The van der Waals surface area contributed by atoms with Gasteiger partial charge in [-0.1, -0.05) is 30.0 Å². The third-order valence-corrected chi connectivity index (χ3v) is 4.65. The molecule has 4 rings (SSSR count). The lowest BCUT2D eigenvalue weighted by molar-refractivity contribution is -0.119. The molecule has 4 aromatic rings. The molecule has 7 nitrogen and oxygen atoms in total. The number of nitrogens with one attached hydrogen (secondary N) is 2. The van der Waals surface area contributed by atoms with Crippen molar-refractivity contribution in [2.45, 2.75) is 18.1 Å². The summed E-state index contributed by atoms with van der Waals surface area (Å²) in [6, 6.07) is 13.0. The highest BCUT2D eigenvalue weighted by Crippen LogP contribution is 2.24. The fourth-order valence-electron chi connectivity index (χ4n) is 2.53. The Kier molecular flexibility index (Phi) is 4.49. The molecule has 1 aromatic carbocycles. The van der Waals surface area contributed by atoms with Crippen molar-refractivity contribution in [1.82, 2.24) is 20.5 Å². The smallest absolute Gasteiger partial charge is 0.231 e. The van der Waals surface area contributed by atoms with E-state index in [1.54, 1.807) is 18.4 Å². The third-order valence-electron chi connectivity index (χ3n) is 3.80. The second kappa shape index (κ2) is 7.09. The van der Waals surface area contributed by atoms with Gasteiger partial charge in [0.25, 0.3) is 0 Å². The first-order chi connectivity index (χ1) is 12.7. The maximum absolute atomic E-state index is 12.2. The summed E-state index contributed by atoms with van der Waals surface area (Å²) in [6.07, 6.45) is 1.57.